The number of hydrogen-bond donors (Lipinski definition) is 5. The number of rotatable bonds is 13. The van der Waals surface area contributed by atoms with Gasteiger partial charge >= 0.3 is 5.63 Å². The maximum Gasteiger partial charge on any atom is 0.357 e. The van der Waals surface area contributed by atoms with Crippen LogP contribution in [0.2, 0.25) is 0 Å². The monoisotopic (exact) mass is 603 g/mol. The second-order valence-electron chi connectivity index (χ2n) is 10.7. The number of fused-ring (bicyclic) bond motifs is 1. The number of carbonyl (C=O) groups excluding carboxylic acids is 1. The third-order valence-corrected chi connectivity index (χ3v) is 8.07. The van der Waals surface area contributed by atoms with Crippen LogP contribution in [0, 0.1) is 0 Å². The molecule has 2 atom stereocenters. The standard InChI is InChI=1S/C30H33N7O5S/c1-30(2,32-19-26(38)20-7-6-8-22(15-20)36-43(41)24-9-4-3-5-10-24)12-14-37-13-11-21-16-25(33-34-28(21)37)29(40)31-18-23-17-27(39)42-35-23/h3-11,13,15-17,26,32,35-36,38H,12,14,18-19H2,1-2H3,(H,31,40). The van der Waals surface area contributed by atoms with Gasteiger partial charge in [-0.1, -0.05) is 30.3 Å². The van der Waals surface area contributed by atoms with Crippen LogP contribution in [0.4, 0.5) is 5.69 Å². The summed E-state index contributed by atoms with van der Waals surface area (Å²) < 4.78 is 22.2. The lowest BCUT2D eigenvalue weighted by Crippen LogP contribution is -2.42. The molecule has 1 amide bonds. The van der Waals surface area contributed by atoms with Gasteiger partial charge in [0, 0.05) is 42.0 Å². The van der Waals surface area contributed by atoms with Crippen LogP contribution in [-0.4, -0.2) is 47.2 Å². The van der Waals surface area contributed by atoms with Crippen molar-refractivity contribution in [1.29, 1.82) is 0 Å². The van der Waals surface area contributed by atoms with E-state index >= 15 is 0 Å². The third-order valence-electron chi connectivity index (χ3n) is 6.95. The molecule has 12 nitrogen and oxygen atoms in total. The van der Waals surface area contributed by atoms with Crippen molar-refractivity contribution in [3.05, 3.63) is 106 Å². The summed E-state index contributed by atoms with van der Waals surface area (Å²) >= 11 is 0. The number of nitrogens with zero attached hydrogens (tertiary/aromatic N) is 3. The average molecular weight is 604 g/mol. The molecule has 0 spiro atoms. The van der Waals surface area contributed by atoms with E-state index in [1.807, 2.05) is 53.2 Å². The number of β-amino-alcohol motifs (C(OH)–C–C–N with tert-alkyl or cyclic N) is 1. The number of amides is 1. The normalized spacial score (nSPS) is 13.1. The Morgan fingerprint density at radius 1 is 1.09 bits per heavy atom. The fraction of sp³-hybridized carbons (Fsp3) is 0.267. The summed E-state index contributed by atoms with van der Waals surface area (Å²) in [4.78, 5) is 24.3. The molecule has 0 saturated carbocycles. The first kappa shape index (κ1) is 29.9. The minimum absolute atomic E-state index is 0.0968. The van der Waals surface area contributed by atoms with Crippen molar-refractivity contribution < 1.29 is 18.6 Å². The number of aliphatic hydroxyl groups is 1. The molecule has 3 aromatic heterocycles. The van der Waals surface area contributed by atoms with Crippen molar-refractivity contribution >= 4 is 33.6 Å². The van der Waals surface area contributed by atoms with Crippen molar-refractivity contribution in [3.63, 3.8) is 0 Å². The first-order chi connectivity index (χ1) is 20.7. The highest BCUT2D eigenvalue weighted by Crippen LogP contribution is 2.21. The van der Waals surface area contributed by atoms with Crippen molar-refractivity contribution in [2.24, 2.45) is 0 Å². The summed E-state index contributed by atoms with van der Waals surface area (Å²) in [5.41, 5.74) is 1.81. The molecule has 0 aliphatic rings. The summed E-state index contributed by atoms with van der Waals surface area (Å²) in [5, 5.41) is 28.6. The number of aromatic amines is 1. The van der Waals surface area contributed by atoms with Gasteiger partial charge in [0.1, 0.15) is 11.0 Å². The van der Waals surface area contributed by atoms with E-state index in [9.17, 15) is 18.9 Å². The molecule has 0 bridgehead atoms. The average Bonchev–Trinajstić information content (AvgIpc) is 3.63. The lowest BCUT2D eigenvalue weighted by Gasteiger charge is -2.28. The van der Waals surface area contributed by atoms with Gasteiger partial charge in [0.2, 0.25) is 0 Å². The fourth-order valence-corrected chi connectivity index (χ4v) is 5.31. The molecule has 0 fully saturated rings. The van der Waals surface area contributed by atoms with Gasteiger partial charge in [-0.2, -0.15) is 0 Å². The maximum absolute atomic E-state index is 12.6. The number of aliphatic hydroxyl groups excluding tert-OH is 1. The van der Waals surface area contributed by atoms with E-state index in [1.54, 1.807) is 24.3 Å². The van der Waals surface area contributed by atoms with E-state index in [0.717, 1.165) is 11.8 Å². The molecule has 5 rings (SSSR count). The Morgan fingerprint density at radius 3 is 2.67 bits per heavy atom. The van der Waals surface area contributed by atoms with Crippen LogP contribution < -0.4 is 21.0 Å². The van der Waals surface area contributed by atoms with Crippen LogP contribution in [0.15, 0.2) is 93.2 Å². The predicted molar refractivity (Wildman–Crippen MR) is 163 cm³/mol. The topological polar surface area (TPSA) is 167 Å². The minimum atomic E-state index is -1.41. The van der Waals surface area contributed by atoms with E-state index < -0.39 is 28.6 Å². The summed E-state index contributed by atoms with van der Waals surface area (Å²) in [6, 6.07) is 21.2. The van der Waals surface area contributed by atoms with E-state index in [0.29, 0.717) is 40.6 Å². The first-order valence-electron chi connectivity index (χ1n) is 13.7. The van der Waals surface area contributed by atoms with Gasteiger partial charge in [0.15, 0.2) is 11.3 Å². The zero-order valence-corrected chi connectivity index (χ0v) is 24.6. The minimum Gasteiger partial charge on any atom is -0.387 e. The Kier molecular flexibility index (Phi) is 9.14. The van der Waals surface area contributed by atoms with E-state index in [-0.39, 0.29) is 17.8 Å². The van der Waals surface area contributed by atoms with Gasteiger partial charge in [-0.05, 0) is 62.2 Å². The molecule has 43 heavy (non-hydrogen) atoms. The molecule has 5 aromatic rings. The third kappa shape index (κ3) is 7.83. The largest absolute Gasteiger partial charge is 0.387 e. The van der Waals surface area contributed by atoms with Gasteiger partial charge in [-0.25, -0.2) is 14.2 Å². The van der Waals surface area contributed by atoms with Crippen LogP contribution in [0.25, 0.3) is 11.0 Å². The molecule has 5 N–H and O–H groups in total. The second-order valence-corrected chi connectivity index (χ2v) is 11.9. The van der Waals surface area contributed by atoms with Crippen molar-refractivity contribution in [3.8, 4) is 0 Å². The van der Waals surface area contributed by atoms with Gasteiger partial charge in [0.25, 0.3) is 5.91 Å². The van der Waals surface area contributed by atoms with Crippen LogP contribution in [0.5, 0.6) is 0 Å². The fourth-order valence-electron chi connectivity index (χ4n) is 4.45. The number of aromatic nitrogens is 4. The summed E-state index contributed by atoms with van der Waals surface area (Å²) in [6.45, 7) is 5.19. The Labute approximate surface area is 250 Å². The molecule has 2 aromatic carbocycles. The van der Waals surface area contributed by atoms with Gasteiger partial charge < -0.3 is 29.6 Å². The lowest BCUT2D eigenvalue weighted by molar-refractivity contribution is 0.0944. The molecule has 13 heteroatoms. The number of carbonyl (C=O) groups is 1. The first-order valence-corrected chi connectivity index (χ1v) is 14.9. The highest BCUT2D eigenvalue weighted by molar-refractivity contribution is 7.86. The van der Waals surface area contributed by atoms with Crippen LogP contribution in [0.3, 0.4) is 0 Å². The number of aryl methyl sites for hydroxylation is 1. The summed E-state index contributed by atoms with van der Waals surface area (Å²) in [7, 11) is -1.41. The zero-order valence-electron chi connectivity index (χ0n) is 23.7. The quantitative estimate of drug-likeness (QED) is 0.137. The van der Waals surface area contributed by atoms with Crippen molar-refractivity contribution in [2.75, 3.05) is 11.3 Å². The Balaban J connectivity index is 1.13. The molecule has 0 radical (unpaired) electrons. The lowest BCUT2D eigenvalue weighted by atomic mass is 9.99. The molecule has 0 aliphatic heterocycles. The van der Waals surface area contributed by atoms with Crippen LogP contribution >= 0.6 is 0 Å². The Bertz CT molecular complexity index is 1780. The zero-order chi connectivity index (χ0) is 30.4. The number of anilines is 1. The molecule has 3 heterocycles. The second kappa shape index (κ2) is 13.2. The molecule has 0 saturated heterocycles. The van der Waals surface area contributed by atoms with Crippen molar-refractivity contribution in [1.82, 2.24) is 30.6 Å². The molecular formula is C30H33N7O5S. The molecule has 2 unspecified atom stereocenters. The molecular weight excluding hydrogens is 570 g/mol. The smallest absolute Gasteiger partial charge is 0.357 e. The molecule has 224 valence electrons. The predicted octanol–water partition coefficient (Wildman–Crippen LogP) is 3.27. The van der Waals surface area contributed by atoms with Gasteiger partial charge in [0.05, 0.1) is 23.2 Å². The Hall–Kier alpha value is -4.59. The highest BCUT2D eigenvalue weighted by atomic mass is 32.2. The number of H-pyrrole nitrogens is 1. The van der Waals surface area contributed by atoms with Crippen molar-refractivity contribution in [2.45, 2.75) is 49.9 Å². The number of benzene rings is 2. The number of nitrogens with one attached hydrogen (secondary N) is 4. The molecule has 0 aliphatic carbocycles. The van der Waals surface area contributed by atoms with Gasteiger partial charge in [-0.15, -0.1) is 10.2 Å². The number of hydrogen-bond acceptors (Lipinski definition) is 8. The van der Waals surface area contributed by atoms with Crippen LogP contribution in [-0.2, 0) is 24.1 Å². The SMILES string of the molecule is CC(C)(CCn1ccc2cc(C(=O)NCc3cc(=O)o[nH]3)nnc21)NCC(O)c1cccc(NS(=O)c2ccccc2)c1. The van der Waals surface area contributed by atoms with E-state index in [4.69, 9.17) is 0 Å². The van der Waals surface area contributed by atoms with Gasteiger partial charge in [-0.3, -0.25) is 4.79 Å². The highest BCUT2D eigenvalue weighted by Gasteiger charge is 2.20. The van der Waals surface area contributed by atoms with Crippen LogP contribution in [0.1, 0.15) is 48.1 Å². The summed E-state index contributed by atoms with van der Waals surface area (Å²) in [6.07, 6.45) is 1.87. The summed E-state index contributed by atoms with van der Waals surface area (Å²) in [5.74, 6) is -0.418. The Morgan fingerprint density at radius 2 is 1.91 bits per heavy atom. The van der Waals surface area contributed by atoms with E-state index in [1.165, 1.54) is 6.07 Å². The maximum atomic E-state index is 12.6. The van der Waals surface area contributed by atoms with E-state index in [2.05, 4.69) is 49.1 Å².